The molecule has 0 bridgehead atoms. The molecule has 6 heteroatoms. The van der Waals surface area contributed by atoms with Gasteiger partial charge in [0.25, 0.3) is 5.89 Å². The standard InChI is InChI=1S/C10H11N3O3/c11-7-2-1-6(5-8(7)15)10-12-9(3-4-14)13-16-10/h1-2,5,14-15H,3-4,11H2. The lowest BCUT2D eigenvalue weighted by Crippen LogP contribution is -1.92. The first-order valence-corrected chi connectivity index (χ1v) is 4.73. The minimum atomic E-state index is -0.0358. The van der Waals surface area contributed by atoms with Crippen LogP contribution in [-0.2, 0) is 6.42 Å². The van der Waals surface area contributed by atoms with Gasteiger partial charge in [-0.3, -0.25) is 0 Å². The van der Waals surface area contributed by atoms with E-state index in [-0.39, 0.29) is 12.4 Å². The maximum absolute atomic E-state index is 9.42. The van der Waals surface area contributed by atoms with Gasteiger partial charge in [0.05, 0.1) is 12.3 Å². The molecule has 0 spiro atoms. The number of aromatic nitrogens is 2. The zero-order valence-electron chi connectivity index (χ0n) is 8.42. The van der Waals surface area contributed by atoms with Gasteiger partial charge in [0.15, 0.2) is 5.82 Å². The second-order valence-corrected chi connectivity index (χ2v) is 3.26. The molecule has 0 saturated carbocycles. The zero-order chi connectivity index (χ0) is 11.5. The Hall–Kier alpha value is -2.08. The van der Waals surface area contributed by atoms with Crippen molar-refractivity contribution in [1.82, 2.24) is 10.1 Å². The highest BCUT2D eigenvalue weighted by atomic mass is 16.5. The van der Waals surface area contributed by atoms with Crippen LogP contribution >= 0.6 is 0 Å². The summed E-state index contributed by atoms with van der Waals surface area (Å²) >= 11 is 0. The molecule has 6 nitrogen and oxygen atoms in total. The van der Waals surface area contributed by atoms with E-state index in [9.17, 15) is 5.11 Å². The third kappa shape index (κ3) is 1.96. The summed E-state index contributed by atoms with van der Waals surface area (Å²) in [6, 6.07) is 4.68. The van der Waals surface area contributed by atoms with Gasteiger partial charge in [-0.05, 0) is 18.2 Å². The van der Waals surface area contributed by atoms with Crippen LogP contribution in [0.2, 0.25) is 0 Å². The van der Waals surface area contributed by atoms with Crippen LogP contribution in [0.25, 0.3) is 11.5 Å². The molecule has 0 saturated heterocycles. The number of phenols is 1. The third-order valence-electron chi connectivity index (χ3n) is 2.08. The largest absolute Gasteiger partial charge is 0.506 e. The third-order valence-corrected chi connectivity index (χ3v) is 2.08. The molecule has 0 atom stereocenters. The average Bonchev–Trinajstić information content (AvgIpc) is 2.71. The number of nitrogen functional groups attached to an aromatic ring is 1. The molecule has 2 aromatic rings. The highest BCUT2D eigenvalue weighted by Crippen LogP contribution is 2.26. The van der Waals surface area contributed by atoms with Crippen LogP contribution in [-0.4, -0.2) is 27.0 Å². The number of anilines is 1. The van der Waals surface area contributed by atoms with Crippen LogP contribution in [0.15, 0.2) is 22.7 Å². The number of aliphatic hydroxyl groups is 1. The van der Waals surface area contributed by atoms with Crippen molar-refractivity contribution in [2.75, 3.05) is 12.3 Å². The number of hydrogen-bond acceptors (Lipinski definition) is 6. The molecule has 0 aliphatic heterocycles. The summed E-state index contributed by atoms with van der Waals surface area (Å²) in [5, 5.41) is 21.8. The summed E-state index contributed by atoms with van der Waals surface area (Å²) in [5.74, 6) is 0.687. The van der Waals surface area contributed by atoms with Crippen molar-refractivity contribution >= 4 is 5.69 Å². The van der Waals surface area contributed by atoms with E-state index >= 15 is 0 Å². The molecule has 16 heavy (non-hydrogen) atoms. The second kappa shape index (κ2) is 4.19. The van der Waals surface area contributed by atoms with Crippen molar-refractivity contribution in [3.05, 3.63) is 24.0 Å². The summed E-state index contributed by atoms with van der Waals surface area (Å²) in [5.41, 5.74) is 6.35. The lowest BCUT2D eigenvalue weighted by Gasteiger charge is -1.99. The summed E-state index contributed by atoms with van der Waals surface area (Å²) < 4.78 is 4.97. The minimum absolute atomic E-state index is 0.0283. The number of benzene rings is 1. The van der Waals surface area contributed by atoms with Crippen LogP contribution in [0, 0.1) is 0 Å². The summed E-state index contributed by atoms with van der Waals surface area (Å²) in [6.45, 7) is -0.0358. The molecule has 0 amide bonds. The molecule has 1 aromatic heterocycles. The van der Waals surface area contributed by atoms with E-state index < -0.39 is 0 Å². The predicted octanol–water partition coefficient (Wildman–Crippen LogP) is 0.559. The first-order chi connectivity index (χ1) is 7.70. The molecule has 0 unspecified atom stereocenters. The van der Waals surface area contributed by atoms with Crippen molar-refractivity contribution in [1.29, 1.82) is 0 Å². The highest BCUT2D eigenvalue weighted by molar-refractivity contribution is 5.63. The van der Waals surface area contributed by atoms with Crippen LogP contribution < -0.4 is 5.73 Å². The predicted molar refractivity (Wildman–Crippen MR) is 56.6 cm³/mol. The average molecular weight is 221 g/mol. The van der Waals surface area contributed by atoms with Gasteiger partial charge in [0.1, 0.15) is 5.75 Å². The van der Waals surface area contributed by atoms with E-state index in [4.69, 9.17) is 15.4 Å². The molecule has 0 fully saturated rings. The Morgan fingerprint density at radius 1 is 1.38 bits per heavy atom. The van der Waals surface area contributed by atoms with Crippen LogP contribution in [0.1, 0.15) is 5.82 Å². The first-order valence-electron chi connectivity index (χ1n) is 4.73. The van der Waals surface area contributed by atoms with Crippen LogP contribution in [0.3, 0.4) is 0 Å². The van der Waals surface area contributed by atoms with Gasteiger partial charge >= 0.3 is 0 Å². The monoisotopic (exact) mass is 221 g/mol. The molecular weight excluding hydrogens is 210 g/mol. The van der Waals surface area contributed by atoms with E-state index in [1.807, 2.05) is 0 Å². The Morgan fingerprint density at radius 3 is 2.88 bits per heavy atom. The molecular formula is C10H11N3O3. The smallest absolute Gasteiger partial charge is 0.258 e. The van der Waals surface area contributed by atoms with Gasteiger partial charge in [-0.1, -0.05) is 5.16 Å². The lowest BCUT2D eigenvalue weighted by atomic mass is 10.2. The van der Waals surface area contributed by atoms with E-state index in [0.717, 1.165) is 0 Å². The van der Waals surface area contributed by atoms with Gasteiger partial charge in [-0.25, -0.2) is 0 Å². The van der Waals surface area contributed by atoms with Gasteiger partial charge in [-0.2, -0.15) is 4.98 Å². The fourth-order valence-corrected chi connectivity index (χ4v) is 1.25. The van der Waals surface area contributed by atoms with Gasteiger partial charge in [-0.15, -0.1) is 0 Å². The molecule has 4 N–H and O–H groups in total. The van der Waals surface area contributed by atoms with Gasteiger partial charge in [0.2, 0.25) is 0 Å². The number of hydrogen-bond donors (Lipinski definition) is 3. The molecule has 0 aliphatic rings. The minimum Gasteiger partial charge on any atom is -0.506 e. The SMILES string of the molecule is Nc1ccc(-c2nc(CCO)no2)cc1O. The molecule has 0 radical (unpaired) electrons. The van der Waals surface area contributed by atoms with E-state index in [1.54, 1.807) is 12.1 Å². The number of nitrogens with two attached hydrogens (primary N) is 1. The van der Waals surface area contributed by atoms with Crippen molar-refractivity contribution in [2.24, 2.45) is 0 Å². The Balaban J connectivity index is 2.31. The topological polar surface area (TPSA) is 105 Å². The Labute approximate surface area is 91.3 Å². The van der Waals surface area contributed by atoms with Crippen molar-refractivity contribution < 1.29 is 14.7 Å². The quantitative estimate of drug-likeness (QED) is 0.516. The van der Waals surface area contributed by atoms with Crippen molar-refractivity contribution in [3.8, 4) is 17.2 Å². The molecule has 84 valence electrons. The fraction of sp³-hybridized carbons (Fsp3) is 0.200. The number of rotatable bonds is 3. The lowest BCUT2D eigenvalue weighted by molar-refractivity contribution is 0.293. The fourth-order valence-electron chi connectivity index (χ4n) is 1.25. The van der Waals surface area contributed by atoms with E-state index in [1.165, 1.54) is 6.07 Å². The van der Waals surface area contributed by atoms with Crippen molar-refractivity contribution in [3.63, 3.8) is 0 Å². The molecule has 1 heterocycles. The maximum atomic E-state index is 9.42. The number of phenolic OH excluding ortho intramolecular Hbond substituents is 1. The molecule has 1 aromatic carbocycles. The normalized spacial score (nSPS) is 10.6. The maximum Gasteiger partial charge on any atom is 0.258 e. The second-order valence-electron chi connectivity index (χ2n) is 3.26. The highest BCUT2D eigenvalue weighted by Gasteiger charge is 2.09. The van der Waals surface area contributed by atoms with Gasteiger partial charge < -0.3 is 20.5 Å². The van der Waals surface area contributed by atoms with E-state index in [0.29, 0.717) is 29.4 Å². The van der Waals surface area contributed by atoms with E-state index in [2.05, 4.69) is 10.1 Å². The van der Waals surface area contributed by atoms with Crippen LogP contribution in [0.5, 0.6) is 5.75 Å². The summed E-state index contributed by atoms with van der Waals surface area (Å²) in [4.78, 5) is 4.05. The van der Waals surface area contributed by atoms with Crippen molar-refractivity contribution in [2.45, 2.75) is 6.42 Å². The molecule has 2 rings (SSSR count). The zero-order valence-corrected chi connectivity index (χ0v) is 8.42. The molecule has 0 aliphatic carbocycles. The van der Waals surface area contributed by atoms with Gasteiger partial charge in [0, 0.05) is 12.0 Å². The number of aromatic hydroxyl groups is 1. The first kappa shape index (κ1) is 10.4. The van der Waals surface area contributed by atoms with Crippen LogP contribution in [0.4, 0.5) is 5.69 Å². The number of nitrogens with zero attached hydrogens (tertiary/aromatic N) is 2. The Morgan fingerprint density at radius 2 is 2.19 bits per heavy atom. The summed E-state index contributed by atoms with van der Waals surface area (Å²) in [6.07, 6.45) is 0.338. The summed E-state index contributed by atoms with van der Waals surface area (Å²) in [7, 11) is 0. The number of aliphatic hydroxyl groups excluding tert-OH is 1. The Kier molecular flexibility index (Phi) is 2.74. The Bertz CT molecular complexity index is 496.